The van der Waals surface area contributed by atoms with Crippen molar-refractivity contribution < 1.29 is 9.47 Å². The van der Waals surface area contributed by atoms with Gasteiger partial charge in [0.05, 0.1) is 24.3 Å². The summed E-state index contributed by atoms with van der Waals surface area (Å²) in [7, 11) is 0. The van der Waals surface area contributed by atoms with E-state index in [0.717, 1.165) is 36.1 Å². The lowest BCUT2D eigenvalue weighted by Crippen LogP contribution is -2.31. The van der Waals surface area contributed by atoms with Gasteiger partial charge in [0, 0.05) is 18.5 Å². The van der Waals surface area contributed by atoms with Crippen molar-refractivity contribution in [2.45, 2.75) is 67.0 Å². The first kappa shape index (κ1) is 21.3. The summed E-state index contributed by atoms with van der Waals surface area (Å²) in [6.07, 6.45) is 2.93. The molecule has 0 unspecified atom stereocenters. The van der Waals surface area contributed by atoms with Crippen LogP contribution < -0.4 is 20.8 Å². The molecule has 5 nitrogen and oxygen atoms in total. The highest BCUT2D eigenvalue weighted by molar-refractivity contribution is 5.89. The average Bonchev–Trinajstić information content (AvgIpc) is 2.62. The van der Waals surface area contributed by atoms with Crippen molar-refractivity contribution in [1.29, 1.82) is 0 Å². The predicted molar refractivity (Wildman–Crippen MR) is 112 cm³/mol. The van der Waals surface area contributed by atoms with E-state index in [1.165, 1.54) is 0 Å². The predicted octanol–water partition coefficient (Wildman–Crippen LogP) is 4.47. The van der Waals surface area contributed by atoms with Gasteiger partial charge in [-0.05, 0) is 36.5 Å². The molecule has 0 aliphatic rings. The molecule has 2 N–H and O–H groups in total. The van der Waals surface area contributed by atoms with Gasteiger partial charge in [-0.2, -0.15) is 0 Å². The molecule has 1 aromatic carbocycles. The van der Waals surface area contributed by atoms with Crippen molar-refractivity contribution in [3.8, 4) is 11.5 Å². The Labute approximate surface area is 162 Å². The minimum absolute atomic E-state index is 0.0369. The summed E-state index contributed by atoms with van der Waals surface area (Å²) < 4.78 is 13.7. The van der Waals surface area contributed by atoms with E-state index in [-0.39, 0.29) is 17.5 Å². The molecule has 0 aliphatic carbocycles. The van der Waals surface area contributed by atoms with Crippen LogP contribution in [0.3, 0.4) is 0 Å². The standard InChI is InChI=1S/C22H34N2O3/c1-6-8-12-27-20-17-10-9-16(26-11-7-2)13-18(17)21(25)24(19(20)14-23)15-22(3,4)5/h9-10,13H,6-8,11-12,14-15,23H2,1-5H3. The number of nitrogens with zero attached hydrogens (tertiary/aromatic N) is 1. The van der Waals surface area contributed by atoms with Crippen LogP contribution in [-0.2, 0) is 13.1 Å². The Morgan fingerprint density at radius 1 is 1.04 bits per heavy atom. The normalized spacial score (nSPS) is 11.8. The van der Waals surface area contributed by atoms with Crippen molar-refractivity contribution in [3.05, 3.63) is 34.2 Å². The van der Waals surface area contributed by atoms with E-state index in [1.54, 1.807) is 4.57 Å². The maximum absolute atomic E-state index is 13.3. The quantitative estimate of drug-likeness (QED) is 0.658. The minimum atomic E-state index is -0.0571. The monoisotopic (exact) mass is 374 g/mol. The smallest absolute Gasteiger partial charge is 0.259 e. The number of rotatable bonds is 9. The Balaban J connectivity index is 2.69. The Hall–Kier alpha value is -2.01. The van der Waals surface area contributed by atoms with Gasteiger partial charge in [-0.15, -0.1) is 0 Å². The van der Waals surface area contributed by atoms with Crippen LogP contribution in [0.4, 0.5) is 0 Å². The van der Waals surface area contributed by atoms with E-state index in [0.29, 0.717) is 30.9 Å². The lowest BCUT2D eigenvalue weighted by Gasteiger charge is -2.25. The number of aromatic nitrogens is 1. The van der Waals surface area contributed by atoms with Gasteiger partial charge in [0.25, 0.3) is 5.56 Å². The van der Waals surface area contributed by atoms with Gasteiger partial charge in [0.1, 0.15) is 11.5 Å². The highest BCUT2D eigenvalue weighted by atomic mass is 16.5. The molecule has 0 fully saturated rings. The van der Waals surface area contributed by atoms with Crippen molar-refractivity contribution in [2.75, 3.05) is 13.2 Å². The molecule has 5 heteroatoms. The molecule has 0 saturated carbocycles. The molecular weight excluding hydrogens is 340 g/mol. The Morgan fingerprint density at radius 3 is 2.37 bits per heavy atom. The van der Waals surface area contributed by atoms with E-state index in [1.807, 2.05) is 18.2 Å². The second-order valence-electron chi connectivity index (χ2n) is 8.19. The molecule has 1 aromatic heterocycles. The summed E-state index contributed by atoms with van der Waals surface area (Å²) in [5.74, 6) is 1.44. The number of nitrogens with two attached hydrogens (primary N) is 1. The van der Waals surface area contributed by atoms with Crippen molar-refractivity contribution in [2.24, 2.45) is 11.1 Å². The molecular formula is C22H34N2O3. The fraction of sp³-hybridized carbons (Fsp3) is 0.591. The number of hydrogen-bond acceptors (Lipinski definition) is 4. The van der Waals surface area contributed by atoms with Gasteiger partial charge >= 0.3 is 0 Å². The third-order valence-corrected chi connectivity index (χ3v) is 4.34. The molecule has 0 bridgehead atoms. The van der Waals surface area contributed by atoms with E-state index >= 15 is 0 Å². The number of ether oxygens (including phenoxy) is 2. The molecule has 0 saturated heterocycles. The van der Waals surface area contributed by atoms with Crippen molar-refractivity contribution in [3.63, 3.8) is 0 Å². The minimum Gasteiger partial charge on any atom is -0.494 e. The molecule has 0 spiro atoms. The maximum atomic E-state index is 13.3. The number of hydrogen-bond donors (Lipinski definition) is 1. The van der Waals surface area contributed by atoms with Gasteiger partial charge in [0.15, 0.2) is 0 Å². The summed E-state index contributed by atoms with van der Waals surface area (Å²) in [5.41, 5.74) is 6.74. The molecule has 0 radical (unpaired) electrons. The van der Waals surface area contributed by atoms with Crippen LogP contribution in [0.2, 0.25) is 0 Å². The van der Waals surface area contributed by atoms with Crippen LogP contribution in [0.25, 0.3) is 10.8 Å². The molecule has 1 heterocycles. The van der Waals surface area contributed by atoms with Crippen LogP contribution in [0.15, 0.2) is 23.0 Å². The summed E-state index contributed by atoms with van der Waals surface area (Å²) in [6.45, 7) is 12.6. The SMILES string of the molecule is CCCCOc1c(CN)n(CC(C)(C)C)c(=O)c2cc(OCCC)ccc12. The Bertz CT molecular complexity index is 819. The fourth-order valence-corrected chi connectivity index (χ4v) is 3.08. The summed E-state index contributed by atoms with van der Waals surface area (Å²) in [6, 6.07) is 5.65. The second-order valence-corrected chi connectivity index (χ2v) is 8.19. The third kappa shape index (κ3) is 5.25. The first-order valence-electron chi connectivity index (χ1n) is 9.97. The zero-order chi connectivity index (χ0) is 20.0. The zero-order valence-corrected chi connectivity index (χ0v) is 17.4. The van der Waals surface area contributed by atoms with Gasteiger partial charge in [-0.25, -0.2) is 0 Å². The molecule has 0 atom stereocenters. The summed E-state index contributed by atoms with van der Waals surface area (Å²) in [4.78, 5) is 13.3. The van der Waals surface area contributed by atoms with E-state index in [2.05, 4.69) is 34.6 Å². The Kier molecular flexibility index (Phi) is 7.31. The lowest BCUT2D eigenvalue weighted by atomic mass is 9.96. The molecule has 0 amide bonds. The number of pyridine rings is 1. The number of unbranched alkanes of at least 4 members (excludes halogenated alkanes) is 1. The molecule has 150 valence electrons. The first-order valence-corrected chi connectivity index (χ1v) is 9.97. The Morgan fingerprint density at radius 2 is 1.78 bits per heavy atom. The zero-order valence-electron chi connectivity index (χ0n) is 17.4. The van der Waals surface area contributed by atoms with E-state index in [9.17, 15) is 4.79 Å². The van der Waals surface area contributed by atoms with E-state index in [4.69, 9.17) is 15.2 Å². The van der Waals surface area contributed by atoms with Gasteiger partial charge in [0.2, 0.25) is 0 Å². The molecule has 27 heavy (non-hydrogen) atoms. The van der Waals surface area contributed by atoms with Crippen LogP contribution in [-0.4, -0.2) is 17.8 Å². The van der Waals surface area contributed by atoms with Crippen LogP contribution in [0, 0.1) is 5.41 Å². The van der Waals surface area contributed by atoms with E-state index < -0.39 is 0 Å². The van der Waals surface area contributed by atoms with Crippen LogP contribution in [0.5, 0.6) is 11.5 Å². The summed E-state index contributed by atoms with van der Waals surface area (Å²) in [5, 5.41) is 1.43. The summed E-state index contributed by atoms with van der Waals surface area (Å²) >= 11 is 0. The fourth-order valence-electron chi connectivity index (χ4n) is 3.08. The van der Waals surface area contributed by atoms with Crippen molar-refractivity contribution in [1.82, 2.24) is 4.57 Å². The van der Waals surface area contributed by atoms with Gasteiger partial charge < -0.3 is 19.8 Å². The number of fused-ring (bicyclic) bond motifs is 1. The second kappa shape index (κ2) is 9.27. The van der Waals surface area contributed by atoms with Crippen LogP contribution in [0.1, 0.15) is 59.6 Å². The lowest BCUT2D eigenvalue weighted by molar-refractivity contribution is 0.295. The molecule has 2 rings (SSSR count). The number of benzene rings is 1. The largest absolute Gasteiger partial charge is 0.494 e. The van der Waals surface area contributed by atoms with Gasteiger partial charge in [-0.1, -0.05) is 41.0 Å². The maximum Gasteiger partial charge on any atom is 0.259 e. The average molecular weight is 375 g/mol. The molecule has 0 aliphatic heterocycles. The highest BCUT2D eigenvalue weighted by Gasteiger charge is 2.21. The third-order valence-electron chi connectivity index (χ3n) is 4.34. The topological polar surface area (TPSA) is 66.5 Å². The van der Waals surface area contributed by atoms with Crippen LogP contribution >= 0.6 is 0 Å². The molecule has 2 aromatic rings. The van der Waals surface area contributed by atoms with Crippen molar-refractivity contribution >= 4 is 10.8 Å². The van der Waals surface area contributed by atoms with Gasteiger partial charge in [-0.3, -0.25) is 4.79 Å². The first-order chi connectivity index (χ1) is 12.8. The highest BCUT2D eigenvalue weighted by Crippen LogP contribution is 2.32.